The zero-order valence-corrected chi connectivity index (χ0v) is 14.2. The van der Waals surface area contributed by atoms with Gasteiger partial charge in [0, 0.05) is 30.0 Å². The number of hydrogen-bond acceptors (Lipinski definition) is 3. The lowest BCUT2D eigenvalue weighted by atomic mass is 9.95. The molecule has 0 saturated carbocycles. The van der Waals surface area contributed by atoms with Gasteiger partial charge in [0.15, 0.2) is 0 Å². The molecule has 0 aliphatic heterocycles. The van der Waals surface area contributed by atoms with E-state index in [1.165, 1.54) is 17.7 Å². The fourth-order valence-electron chi connectivity index (χ4n) is 2.03. The van der Waals surface area contributed by atoms with Gasteiger partial charge in [0.05, 0.1) is 0 Å². The Hall–Kier alpha value is -2.89. The van der Waals surface area contributed by atoms with E-state index < -0.39 is 16.9 Å². The minimum atomic E-state index is -0.489. The first kappa shape index (κ1) is 17.5. The minimum absolute atomic E-state index is 0.0742. The Morgan fingerprint density at radius 3 is 2.21 bits per heavy atom. The highest BCUT2D eigenvalue weighted by molar-refractivity contribution is 5.94. The van der Waals surface area contributed by atoms with Crippen LogP contribution in [0.2, 0.25) is 0 Å². The summed E-state index contributed by atoms with van der Waals surface area (Å²) in [7, 11) is 1.48. The topological polar surface area (TPSA) is 80.2 Å². The highest BCUT2D eigenvalue weighted by Crippen LogP contribution is 2.18. The van der Waals surface area contributed by atoms with Gasteiger partial charge in [0.2, 0.25) is 5.91 Å². The summed E-state index contributed by atoms with van der Waals surface area (Å²) >= 11 is 0. The molecule has 0 aliphatic carbocycles. The molecule has 0 spiro atoms. The Morgan fingerprint density at radius 1 is 1.04 bits per heavy atom. The highest BCUT2D eigenvalue weighted by atomic mass is 16.2. The molecule has 0 bridgehead atoms. The first-order chi connectivity index (χ1) is 11.2. The van der Waals surface area contributed by atoms with Gasteiger partial charge in [-0.25, -0.2) is 0 Å². The lowest BCUT2D eigenvalue weighted by Crippen LogP contribution is -2.30. The van der Waals surface area contributed by atoms with Crippen molar-refractivity contribution in [3.63, 3.8) is 0 Å². The van der Waals surface area contributed by atoms with E-state index in [0.29, 0.717) is 11.4 Å². The Labute approximate surface area is 140 Å². The van der Waals surface area contributed by atoms with E-state index in [0.717, 1.165) is 0 Å². The summed E-state index contributed by atoms with van der Waals surface area (Å²) in [5.41, 5.74) is 0.444. The van der Waals surface area contributed by atoms with Gasteiger partial charge in [-0.3, -0.25) is 19.0 Å². The molecule has 1 aromatic heterocycles. The summed E-state index contributed by atoms with van der Waals surface area (Å²) in [6.45, 7) is 5.50. The Morgan fingerprint density at radius 2 is 1.67 bits per heavy atom. The molecular weight excluding hydrogens is 306 g/mol. The van der Waals surface area contributed by atoms with Crippen LogP contribution in [-0.4, -0.2) is 23.4 Å². The van der Waals surface area contributed by atoms with Crippen molar-refractivity contribution in [1.29, 1.82) is 0 Å². The van der Waals surface area contributed by atoms with Crippen molar-refractivity contribution in [3.05, 3.63) is 58.5 Å². The molecule has 0 radical (unpaired) electrons. The first-order valence-corrected chi connectivity index (χ1v) is 7.59. The van der Waals surface area contributed by atoms with Crippen molar-refractivity contribution in [2.45, 2.75) is 20.8 Å². The second-order valence-electron chi connectivity index (χ2n) is 6.43. The van der Waals surface area contributed by atoms with Crippen molar-refractivity contribution in [1.82, 2.24) is 9.88 Å². The van der Waals surface area contributed by atoms with Crippen LogP contribution < -0.4 is 16.2 Å². The van der Waals surface area contributed by atoms with E-state index in [2.05, 4.69) is 10.6 Å². The molecule has 2 amide bonds. The summed E-state index contributed by atoms with van der Waals surface area (Å²) in [5.74, 6) is -0.516. The number of nitrogens with zero attached hydrogens (tertiary/aromatic N) is 1. The molecule has 2 rings (SSSR count). The zero-order valence-electron chi connectivity index (χ0n) is 14.2. The first-order valence-electron chi connectivity index (χ1n) is 7.59. The van der Waals surface area contributed by atoms with Crippen molar-refractivity contribution >= 4 is 17.5 Å². The van der Waals surface area contributed by atoms with Crippen LogP contribution in [-0.2, 0) is 4.79 Å². The maximum Gasteiger partial charge on any atom is 0.267 e. The van der Waals surface area contributed by atoms with Gasteiger partial charge in [0.1, 0.15) is 5.56 Å². The van der Waals surface area contributed by atoms with Crippen molar-refractivity contribution in [3.8, 4) is 5.69 Å². The van der Waals surface area contributed by atoms with E-state index in [1.54, 1.807) is 36.5 Å². The molecule has 0 atom stereocenters. The largest absolute Gasteiger partial charge is 0.355 e. The number of pyridine rings is 1. The quantitative estimate of drug-likeness (QED) is 0.907. The average Bonchev–Trinajstić information content (AvgIpc) is 2.54. The third kappa shape index (κ3) is 3.71. The van der Waals surface area contributed by atoms with Crippen LogP contribution >= 0.6 is 0 Å². The Kier molecular flexibility index (Phi) is 4.87. The molecule has 0 unspecified atom stereocenters. The molecule has 2 aromatic rings. The number of carbonyl (C=O) groups is 2. The van der Waals surface area contributed by atoms with Crippen LogP contribution in [0.3, 0.4) is 0 Å². The van der Waals surface area contributed by atoms with Crippen LogP contribution in [0.4, 0.5) is 5.69 Å². The fraction of sp³-hybridized carbons (Fsp3) is 0.278. The van der Waals surface area contributed by atoms with Gasteiger partial charge in [0.25, 0.3) is 11.5 Å². The molecule has 1 aromatic carbocycles. The van der Waals surface area contributed by atoms with Crippen LogP contribution in [0.25, 0.3) is 5.69 Å². The fourth-order valence-corrected chi connectivity index (χ4v) is 2.03. The van der Waals surface area contributed by atoms with E-state index >= 15 is 0 Å². The third-order valence-corrected chi connectivity index (χ3v) is 3.50. The maximum absolute atomic E-state index is 12.4. The minimum Gasteiger partial charge on any atom is -0.355 e. The number of amides is 2. The second kappa shape index (κ2) is 6.70. The molecule has 6 nitrogen and oxygen atoms in total. The predicted octanol–water partition coefficient (Wildman–Crippen LogP) is 2.18. The molecule has 1 heterocycles. The van der Waals surface area contributed by atoms with Gasteiger partial charge >= 0.3 is 0 Å². The summed E-state index contributed by atoms with van der Waals surface area (Å²) in [5, 5.41) is 5.27. The number of benzene rings is 1. The van der Waals surface area contributed by atoms with Gasteiger partial charge in [-0.1, -0.05) is 20.8 Å². The monoisotopic (exact) mass is 327 g/mol. The van der Waals surface area contributed by atoms with Crippen molar-refractivity contribution < 1.29 is 9.59 Å². The van der Waals surface area contributed by atoms with Crippen molar-refractivity contribution in [2.24, 2.45) is 5.41 Å². The highest BCUT2D eigenvalue weighted by Gasteiger charge is 2.21. The molecule has 0 saturated heterocycles. The van der Waals surface area contributed by atoms with Crippen molar-refractivity contribution in [2.75, 3.05) is 12.4 Å². The normalized spacial score (nSPS) is 11.0. The molecule has 0 fully saturated rings. The van der Waals surface area contributed by atoms with Crippen LogP contribution in [0.15, 0.2) is 47.4 Å². The number of aromatic nitrogens is 1. The van der Waals surface area contributed by atoms with Gasteiger partial charge in [-0.2, -0.15) is 0 Å². The molecule has 2 N–H and O–H groups in total. The summed E-state index contributed by atoms with van der Waals surface area (Å²) in [4.78, 5) is 36.1. The number of hydrogen-bond donors (Lipinski definition) is 2. The SMILES string of the molecule is CNC(=O)c1cccn(-c2ccc(NC(=O)C(C)(C)C)cc2)c1=O. The average molecular weight is 327 g/mol. The molecule has 24 heavy (non-hydrogen) atoms. The Bertz CT molecular complexity index is 815. The van der Waals surface area contributed by atoms with Gasteiger partial charge < -0.3 is 10.6 Å². The molecule has 126 valence electrons. The van der Waals surface area contributed by atoms with E-state index in [9.17, 15) is 14.4 Å². The van der Waals surface area contributed by atoms with E-state index in [1.807, 2.05) is 20.8 Å². The lowest BCUT2D eigenvalue weighted by Gasteiger charge is -2.17. The summed E-state index contributed by atoms with van der Waals surface area (Å²) < 4.78 is 1.39. The number of anilines is 1. The maximum atomic E-state index is 12.4. The second-order valence-corrected chi connectivity index (χ2v) is 6.43. The van der Waals surface area contributed by atoms with E-state index in [4.69, 9.17) is 0 Å². The lowest BCUT2D eigenvalue weighted by molar-refractivity contribution is -0.123. The van der Waals surface area contributed by atoms with E-state index in [-0.39, 0.29) is 11.5 Å². The van der Waals surface area contributed by atoms with Gasteiger partial charge in [-0.05, 0) is 36.4 Å². The summed E-state index contributed by atoms with van der Waals surface area (Å²) in [6, 6.07) is 9.99. The number of rotatable bonds is 3. The molecular formula is C18H21N3O3. The van der Waals surface area contributed by atoms with Gasteiger partial charge in [-0.15, -0.1) is 0 Å². The smallest absolute Gasteiger partial charge is 0.267 e. The number of nitrogens with one attached hydrogen (secondary N) is 2. The molecule has 6 heteroatoms. The van der Waals surface area contributed by atoms with Crippen LogP contribution in [0.5, 0.6) is 0 Å². The van der Waals surface area contributed by atoms with Crippen LogP contribution in [0, 0.1) is 5.41 Å². The standard InChI is InChI=1S/C18H21N3O3/c1-18(2,3)17(24)20-12-7-9-13(10-8-12)21-11-5-6-14(16(21)23)15(22)19-4/h5-11H,1-4H3,(H,19,22)(H,20,24). The predicted molar refractivity (Wildman–Crippen MR) is 93.5 cm³/mol. The molecule has 0 aliphatic rings. The zero-order chi connectivity index (χ0) is 17.9. The summed E-state index contributed by atoms with van der Waals surface area (Å²) in [6.07, 6.45) is 1.59. The third-order valence-electron chi connectivity index (χ3n) is 3.50. The van der Waals surface area contributed by atoms with Crippen LogP contribution in [0.1, 0.15) is 31.1 Å². The number of carbonyl (C=O) groups excluding carboxylic acids is 2. The Balaban J connectivity index is 2.31.